The van der Waals surface area contributed by atoms with Crippen LogP contribution in [0.5, 0.6) is 0 Å². The molecular weight excluding hydrogens is 431 g/mol. The Kier molecular flexibility index (Phi) is 5.03. The number of rotatable bonds is 3. The second-order valence-corrected chi connectivity index (χ2v) is 8.06. The van der Waals surface area contributed by atoms with Gasteiger partial charge in [-0.05, 0) is 49.2 Å². The van der Waals surface area contributed by atoms with Crippen molar-refractivity contribution in [2.45, 2.75) is 19.4 Å². The quantitative estimate of drug-likeness (QED) is 0.461. The Hall–Kier alpha value is -3.88. The van der Waals surface area contributed by atoms with Gasteiger partial charge in [-0.25, -0.2) is 13.2 Å². The third-order valence-corrected chi connectivity index (χ3v) is 6.10. The van der Waals surface area contributed by atoms with E-state index in [4.69, 9.17) is 0 Å². The number of fused-ring (bicyclic) bond motifs is 1. The van der Waals surface area contributed by atoms with E-state index in [0.29, 0.717) is 29.9 Å². The molecule has 2 aromatic heterocycles. The van der Waals surface area contributed by atoms with Crippen LogP contribution in [-0.4, -0.2) is 37.3 Å². The second-order valence-electron chi connectivity index (χ2n) is 8.06. The molecule has 5 rings (SSSR count). The van der Waals surface area contributed by atoms with Gasteiger partial charge in [0.15, 0.2) is 17.5 Å². The molecule has 0 unspecified atom stereocenters. The highest BCUT2D eigenvalue weighted by atomic mass is 19.2. The lowest BCUT2D eigenvalue weighted by atomic mass is 9.95. The molecule has 4 aromatic rings. The number of aromatic amines is 1. The molecule has 1 atom stereocenters. The van der Waals surface area contributed by atoms with Crippen LogP contribution in [0.1, 0.15) is 34.6 Å². The maximum atomic E-state index is 13.8. The highest BCUT2D eigenvalue weighted by Gasteiger charge is 2.33. The lowest BCUT2D eigenvalue weighted by molar-refractivity contribution is 0.0673. The number of aromatic nitrogens is 4. The first-order valence-corrected chi connectivity index (χ1v) is 10.5. The lowest BCUT2D eigenvalue weighted by Gasteiger charge is -2.33. The highest BCUT2D eigenvalue weighted by Crippen LogP contribution is 2.37. The Labute approximate surface area is 187 Å². The number of hydrogen-bond donors (Lipinski definition) is 1. The smallest absolute Gasteiger partial charge is 0.254 e. The Bertz CT molecular complexity index is 1320. The summed E-state index contributed by atoms with van der Waals surface area (Å²) >= 11 is 0. The molecule has 168 valence electrons. The summed E-state index contributed by atoms with van der Waals surface area (Å²) in [6.07, 6.45) is 2.12. The van der Waals surface area contributed by atoms with Crippen LogP contribution in [0.4, 0.5) is 13.2 Å². The van der Waals surface area contributed by atoms with E-state index in [0.717, 1.165) is 29.0 Å². The van der Waals surface area contributed by atoms with Crippen LogP contribution in [-0.2, 0) is 13.5 Å². The summed E-state index contributed by atoms with van der Waals surface area (Å²) in [5.74, 6) is -4.13. The average molecular weight is 451 g/mol. The van der Waals surface area contributed by atoms with Gasteiger partial charge in [-0.15, -0.1) is 0 Å². The minimum absolute atomic E-state index is 0.129. The fraction of sp³-hybridized carbons (Fsp3) is 0.208. The average Bonchev–Trinajstić information content (AvgIpc) is 3.45. The van der Waals surface area contributed by atoms with Crippen LogP contribution in [0.2, 0.25) is 0 Å². The molecule has 33 heavy (non-hydrogen) atoms. The molecule has 0 spiro atoms. The summed E-state index contributed by atoms with van der Waals surface area (Å²) in [7, 11) is 1.67. The molecule has 0 aliphatic carbocycles. The molecule has 0 radical (unpaired) electrons. The molecule has 3 heterocycles. The van der Waals surface area contributed by atoms with Crippen molar-refractivity contribution >= 4 is 5.91 Å². The first-order chi connectivity index (χ1) is 15.8. The summed E-state index contributed by atoms with van der Waals surface area (Å²) in [4.78, 5) is 15.0. The van der Waals surface area contributed by atoms with Crippen molar-refractivity contribution in [3.05, 3.63) is 82.9 Å². The maximum absolute atomic E-state index is 13.8. The normalized spacial score (nSPS) is 15.5. The van der Waals surface area contributed by atoms with Crippen LogP contribution in [0.25, 0.3) is 22.5 Å². The lowest BCUT2D eigenvalue weighted by Crippen LogP contribution is -2.38. The maximum Gasteiger partial charge on any atom is 0.254 e. The number of nitrogens with zero attached hydrogens (tertiary/aromatic N) is 4. The molecular formula is C24H20F3N5O. The zero-order chi connectivity index (χ0) is 23.3. The van der Waals surface area contributed by atoms with E-state index in [1.54, 1.807) is 30.3 Å². The van der Waals surface area contributed by atoms with Gasteiger partial charge in [0.2, 0.25) is 0 Å². The number of carbonyl (C=O) groups excluding carboxylic acids is 1. The SMILES string of the molecule is C[C@H]1c2nn(C)c(-c3cc(F)c(F)c(F)c3)c2CCN1C(=O)c1ccc(-c2ccn[nH]2)cc1. The third kappa shape index (κ3) is 3.49. The predicted molar refractivity (Wildman–Crippen MR) is 116 cm³/mol. The number of aryl methyl sites for hydroxylation is 1. The van der Waals surface area contributed by atoms with Gasteiger partial charge in [0.05, 0.1) is 23.1 Å². The minimum Gasteiger partial charge on any atom is -0.330 e. The number of nitrogens with one attached hydrogen (secondary N) is 1. The molecule has 1 N–H and O–H groups in total. The largest absolute Gasteiger partial charge is 0.330 e. The van der Waals surface area contributed by atoms with E-state index in [9.17, 15) is 18.0 Å². The summed E-state index contributed by atoms with van der Waals surface area (Å²) in [6, 6.07) is 10.7. The van der Waals surface area contributed by atoms with E-state index >= 15 is 0 Å². The van der Waals surface area contributed by atoms with Crippen LogP contribution in [0.15, 0.2) is 48.7 Å². The minimum atomic E-state index is -1.50. The summed E-state index contributed by atoms with van der Waals surface area (Å²) < 4.78 is 42.7. The first kappa shape index (κ1) is 21.0. The number of H-pyrrole nitrogens is 1. The van der Waals surface area contributed by atoms with Gasteiger partial charge in [-0.2, -0.15) is 10.2 Å². The summed E-state index contributed by atoms with van der Waals surface area (Å²) in [5, 5.41) is 11.4. The van der Waals surface area contributed by atoms with Crippen molar-refractivity contribution in [3.63, 3.8) is 0 Å². The van der Waals surface area contributed by atoms with Crippen molar-refractivity contribution in [2.75, 3.05) is 6.54 Å². The predicted octanol–water partition coefficient (Wildman–Crippen LogP) is 4.65. The molecule has 1 aliphatic rings. The fourth-order valence-corrected chi connectivity index (χ4v) is 4.45. The van der Waals surface area contributed by atoms with E-state index in [1.165, 1.54) is 4.68 Å². The first-order valence-electron chi connectivity index (χ1n) is 10.5. The van der Waals surface area contributed by atoms with Gasteiger partial charge < -0.3 is 4.90 Å². The highest BCUT2D eigenvalue weighted by molar-refractivity contribution is 5.95. The zero-order valence-electron chi connectivity index (χ0n) is 17.9. The van der Waals surface area contributed by atoms with E-state index in [1.807, 2.05) is 25.1 Å². The number of hydrogen-bond acceptors (Lipinski definition) is 3. The van der Waals surface area contributed by atoms with Crippen molar-refractivity contribution < 1.29 is 18.0 Å². The Morgan fingerprint density at radius 2 is 1.76 bits per heavy atom. The molecule has 1 amide bonds. The van der Waals surface area contributed by atoms with Crippen LogP contribution < -0.4 is 0 Å². The van der Waals surface area contributed by atoms with E-state index in [2.05, 4.69) is 15.3 Å². The van der Waals surface area contributed by atoms with E-state index in [-0.39, 0.29) is 17.5 Å². The molecule has 0 saturated carbocycles. The Morgan fingerprint density at radius 3 is 2.39 bits per heavy atom. The van der Waals surface area contributed by atoms with Gasteiger partial charge >= 0.3 is 0 Å². The van der Waals surface area contributed by atoms with Gasteiger partial charge in [0.1, 0.15) is 0 Å². The topological polar surface area (TPSA) is 66.8 Å². The summed E-state index contributed by atoms with van der Waals surface area (Å²) in [6.45, 7) is 2.29. The molecule has 0 saturated heterocycles. The second kappa shape index (κ2) is 7.91. The third-order valence-electron chi connectivity index (χ3n) is 6.10. The summed E-state index contributed by atoms with van der Waals surface area (Å²) in [5.41, 5.74) is 4.52. The Morgan fingerprint density at radius 1 is 1.06 bits per heavy atom. The molecule has 2 aromatic carbocycles. The monoisotopic (exact) mass is 451 g/mol. The molecule has 0 bridgehead atoms. The van der Waals surface area contributed by atoms with Crippen LogP contribution in [0.3, 0.4) is 0 Å². The number of amides is 1. The van der Waals surface area contributed by atoms with E-state index < -0.39 is 17.5 Å². The number of halogens is 3. The van der Waals surface area contributed by atoms with Gasteiger partial charge in [0, 0.05) is 36.5 Å². The molecule has 0 fully saturated rings. The van der Waals surface area contributed by atoms with Crippen molar-refractivity contribution in [3.8, 4) is 22.5 Å². The molecule has 6 nitrogen and oxygen atoms in total. The molecule has 1 aliphatic heterocycles. The van der Waals surface area contributed by atoms with Crippen LogP contribution >= 0.6 is 0 Å². The van der Waals surface area contributed by atoms with Gasteiger partial charge in [-0.1, -0.05) is 12.1 Å². The van der Waals surface area contributed by atoms with Crippen molar-refractivity contribution in [2.24, 2.45) is 7.05 Å². The fourth-order valence-electron chi connectivity index (χ4n) is 4.45. The standard InChI is InChI=1S/C24H20F3N5O/c1-13-22-17(23(31(2)30-22)16-11-18(25)21(27)19(26)12-16)8-10-32(13)24(33)15-5-3-14(4-6-15)20-7-9-28-29-20/h3-7,9,11-13H,8,10H2,1-2H3,(H,28,29)/t13-/m0/s1. The van der Waals surface area contributed by atoms with Crippen molar-refractivity contribution in [1.82, 2.24) is 24.9 Å². The Balaban J connectivity index is 1.44. The van der Waals surface area contributed by atoms with Gasteiger partial charge in [-0.3, -0.25) is 14.6 Å². The number of benzene rings is 2. The molecule has 9 heteroatoms. The zero-order valence-corrected chi connectivity index (χ0v) is 17.9. The number of carbonyl (C=O) groups is 1. The van der Waals surface area contributed by atoms with Crippen LogP contribution in [0, 0.1) is 17.5 Å². The van der Waals surface area contributed by atoms with Gasteiger partial charge in [0.25, 0.3) is 5.91 Å². The van der Waals surface area contributed by atoms with Crippen molar-refractivity contribution in [1.29, 1.82) is 0 Å².